The van der Waals surface area contributed by atoms with Crippen LogP contribution in [0.3, 0.4) is 0 Å². The number of hydrogen-bond acceptors (Lipinski definition) is 0. The molecule has 0 spiro atoms. The van der Waals surface area contributed by atoms with Crippen molar-refractivity contribution in [1.82, 2.24) is 0 Å². The fourth-order valence-electron chi connectivity index (χ4n) is 1.15. The quantitative estimate of drug-likeness (QED) is 0.531. The molecule has 0 saturated carbocycles. The van der Waals surface area contributed by atoms with E-state index in [-0.39, 0.29) is 0 Å². The highest BCUT2D eigenvalue weighted by Crippen LogP contribution is 2.53. The summed E-state index contributed by atoms with van der Waals surface area (Å²) in [5.41, 5.74) is -4.92. The second kappa shape index (κ2) is 2.81. The van der Waals surface area contributed by atoms with E-state index in [1.165, 1.54) is 0 Å². The zero-order valence-electron chi connectivity index (χ0n) is 7.89. The van der Waals surface area contributed by atoms with Crippen LogP contribution in [0.4, 0.5) is 22.0 Å². The highest BCUT2D eigenvalue weighted by molar-refractivity contribution is 5.39. The van der Waals surface area contributed by atoms with Crippen molar-refractivity contribution >= 4 is 0 Å². The molecule has 0 nitrogen and oxygen atoms in total. The summed E-state index contributed by atoms with van der Waals surface area (Å²) in [5, 5.41) is 0. The smallest absolute Gasteiger partial charge is 0.196 e. The summed E-state index contributed by atoms with van der Waals surface area (Å²) in [7, 11) is 0. The topological polar surface area (TPSA) is 0 Å². The zero-order valence-corrected chi connectivity index (χ0v) is 7.89. The van der Waals surface area contributed by atoms with Gasteiger partial charge in [0.05, 0.1) is 5.41 Å². The summed E-state index contributed by atoms with van der Waals surface area (Å²) in [4.78, 5) is 0. The third-order valence-corrected chi connectivity index (χ3v) is 2.71. The van der Waals surface area contributed by atoms with Gasteiger partial charge in [0.2, 0.25) is 0 Å². The second-order valence-corrected chi connectivity index (χ2v) is 3.88. The lowest BCUT2D eigenvalue weighted by Gasteiger charge is -2.37. The van der Waals surface area contributed by atoms with E-state index in [4.69, 9.17) is 0 Å². The van der Waals surface area contributed by atoms with Gasteiger partial charge in [0.15, 0.2) is 23.1 Å². The monoisotopic (exact) mass is 212 g/mol. The first-order valence-corrected chi connectivity index (χ1v) is 3.94. The van der Waals surface area contributed by atoms with E-state index < -0.39 is 34.4 Å². The van der Waals surface area contributed by atoms with Crippen LogP contribution in [-0.4, -0.2) is 5.67 Å². The summed E-state index contributed by atoms with van der Waals surface area (Å²) in [6.07, 6.45) is 0. The van der Waals surface area contributed by atoms with Gasteiger partial charge in [-0.1, -0.05) is 0 Å². The SMILES string of the molecule is CC1(C)C(F)=C(F)C(F)=C(F)C1(C)F. The Labute approximate surface area is 78.1 Å². The van der Waals surface area contributed by atoms with Gasteiger partial charge in [0, 0.05) is 0 Å². The molecule has 1 aliphatic rings. The van der Waals surface area contributed by atoms with Gasteiger partial charge < -0.3 is 0 Å². The molecule has 0 heterocycles. The molecule has 0 bridgehead atoms. The van der Waals surface area contributed by atoms with E-state index in [9.17, 15) is 22.0 Å². The first-order valence-electron chi connectivity index (χ1n) is 3.94. The maximum atomic E-state index is 13.6. The molecule has 0 aromatic heterocycles. The molecule has 0 aromatic carbocycles. The fourth-order valence-corrected chi connectivity index (χ4v) is 1.15. The Bertz CT molecular complexity index is 301. The van der Waals surface area contributed by atoms with Crippen molar-refractivity contribution in [3.63, 3.8) is 0 Å². The minimum Gasteiger partial charge on any atom is -0.235 e. The van der Waals surface area contributed by atoms with Crippen LogP contribution >= 0.6 is 0 Å². The highest BCUT2D eigenvalue weighted by Gasteiger charge is 2.55. The molecule has 0 aromatic rings. The lowest BCUT2D eigenvalue weighted by Crippen LogP contribution is -2.42. The number of hydrogen-bond donors (Lipinski definition) is 0. The fraction of sp³-hybridized carbons (Fsp3) is 0.556. The van der Waals surface area contributed by atoms with E-state index in [0.717, 1.165) is 13.8 Å². The average Bonchev–Trinajstić information content (AvgIpc) is 2.10. The zero-order chi connectivity index (χ0) is 11.3. The molecule has 0 aliphatic heterocycles. The molecule has 0 radical (unpaired) electrons. The summed E-state index contributed by atoms with van der Waals surface area (Å²) >= 11 is 0. The van der Waals surface area contributed by atoms with Gasteiger partial charge in [-0.15, -0.1) is 0 Å². The van der Waals surface area contributed by atoms with Crippen molar-refractivity contribution in [2.24, 2.45) is 5.41 Å². The summed E-state index contributed by atoms with van der Waals surface area (Å²) in [5.74, 6) is -7.56. The normalized spacial score (nSPS) is 32.6. The lowest BCUT2D eigenvalue weighted by atomic mass is 9.72. The molecule has 0 saturated heterocycles. The summed E-state index contributed by atoms with van der Waals surface area (Å²) in [6.45, 7) is 2.61. The van der Waals surface area contributed by atoms with E-state index in [2.05, 4.69) is 0 Å². The van der Waals surface area contributed by atoms with Crippen molar-refractivity contribution in [3.8, 4) is 0 Å². The molecule has 1 aliphatic carbocycles. The van der Waals surface area contributed by atoms with Crippen molar-refractivity contribution < 1.29 is 22.0 Å². The Morgan fingerprint density at radius 2 is 1.14 bits per heavy atom. The second-order valence-electron chi connectivity index (χ2n) is 3.88. The number of halogens is 5. The Kier molecular flexibility index (Phi) is 2.25. The molecular weight excluding hydrogens is 203 g/mol. The predicted octanol–water partition coefficient (Wildman–Crippen LogP) is 4.06. The molecule has 1 atom stereocenters. The van der Waals surface area contributed by atoms with Crippen molar-refractivity contribution in [3.05, 3.63) is 23.3 Å². The van der Waals surface area contributed by atoms with Gasteiger partial charge in [0.25, 0.3) is 0 Å². The van der Waals surface area contributed by atoms with Gasteiger partial charge in [-0.3, -0.25) is 0 Å². The number of alkyl halides is 1. The van der Waals surface area contributed by atoms with Crippen LogP contribution in [0.1, 0.15) is 20.8 Å². The van der Waals surface area contributed by atoms with E-state index in [0.29, 0.717) is 6.92 Å². The lowest BCUT2D eigenvalue weighted by molar-refractivity contribution is 0.0440. The van der Waals surface area contributed by atoms with E-state index >= 15 is 0 Å². The van der Waals surface area contributed by atoms with Crippen molar-refractivity contribution in [2.75, 3.05) is 0 Å². The molecule has 14 heavy (non-hydrogen) atoms. The first-order chi connectivity index (χ1) is 6.14. The highest BCUT2D eigenvalue weighted by atomic mass is 19.2. The van der Waals surface area contributed by atoms with Crippen LogP contribution in [0, 0.1) is 5.41 Å². The van der Waals surface area contributed by atoms with Gasteiger partial charge in [-0.05, 0) is 20.8 Å². The number of rotatable bonds is 0. The maximum absolute atomic E-state index is 13.6. The van der Waals surface area contributed by atoms with Gasteiger partial charge in [0.1, 0.15) is 5.83 Å². The minimum atomic E-state index is -2.88. The van der Waals surface area contributed by atoms with Gasteiger partial charge in [-0.2, -0.15) is 0 Å². The predicted molar refractivity (Wildman–Crippen MR) is 41.8 cm³/mol. The Balaban J connectivity index is 3.48. The molecule has 0 N–H and O–H groups in total. The van der Waals surface area contributed by atoms with Crippen LogP contribution in [0.2, 0.25) is 0 Å². The minimum absolute atomic E-state index is 0.675. The van der Waals surface area contributed by atoms with Crippen LogP contribution < -0.4 is 0 Å². The molecular formula is C9H9F5. The molecule has 5 heteroatoms. The molecule has 1 rings (SSSR count). The Morgan fingerprint density at radius 3 is 1.57 bits per heavy atom. The third kappa shape index (κ3) is 1.11. The average molecular weight is 212 g/mol. The van der Waals surface area contributed by atoms with E-state index in [1.54, 1.807) is 0 Å². The van der Waals surface area contributed by atoms with Crippen LogP contribution in [0.5, 0.6) is 0 Å². The van der Waals surface area contributed by atoms with Crippen LogP contribution in [-0.2, 0) is 0 Å². The Hall–Kier alpha value is -0.870. The molecule has 80 valence electrons. The summed E-state index contributed by atoms with van der Waals surface area (Å²) < 4.78 is 65.0. The Morgan fingerprint density at radius 1 is 0.786 bits per heavy atom. The molecule has 0 fully saturated rings. The van der Waals surface area contributed by atoms with E-state index in [1.807, 2.05) is 0 Å². The largest absolute Gasteiger partial charge is 0.235 e. The maximum Gasteiger partial charge on any atom is 0.196 e. The van der Waals surface area contributed by atoms with Crippen LogP contribution in [0.15, 0.2) is 23.3 Å². The van der Waals surface area contributed by atoms with Crippen LogP contribution in [0.25, 0.3) is 0 Å². The number of allylic oxidation sites excluding steroid dienone is 4. The standard InChI is InChI=1S/C9H9F5/c1-8(2)6(12)4(10)5(11)7(13)9(8,3)14/h1-3H3. The van der Waals surface area contributed by atoms with Crippen molar-refractivity contribution in [1.29, 1.82) is 0 Å². The molecule has 1 unspecified atom stereocenters. The van der Waals surface area contributed by atoms with Crippen molar-refractivity contribution in [2.45, 2.75) is 26.4 Å². The third-order valence-electron chi connectivity index (χ3n) is 2.71. The van der Waals surface area contributed by atoms with Gasteiger partial charge >= 0.3 is 0 Å². The summed E-state index contributed by atoms with van der Waals surface area (Å²) in [6, 6.07) is 0. The first kappa shape index (κ1) is 11.2. The molecule has 0 amide bonds. The van der Waals surface area contributed by atoms with Gasteiger partial charge in [-0.25, -0.2) is 22.0 Å².